The fourth-order valence-corrected chi connectivity index (χ4v) is 3.29. The summed E-state index contributed by atoms with van der Waals surface area (Å²) in [5.74, 6) is 2.12. The molecule has 28 heavy (non-hydrogen) atoms. The summed E-state index contributed by atoms with van der Waals surface area (Å²) in [4.78, 5) is 11.5. The van der Waals surface area contributed by atoms with Gasteiger partial charge in [0.2, 0.25) is 5.95 Å². The van der Waals surface area contributed by atoms with Crippen LogP contribution < -0.4 is 26.6 Å². The minimum atomic E-state index is -0.144. The lowest BCUT2D eigenvalue weighted by Crippen LogP contribution is -2.32. The second-order valence-electron chi connectivity index (χ2n) is 7.57. The maximum atomic E-state index is 9.67. The molecule has 3 rings (SSSR count). The Morgan fingerprint density at radius 3 is 2.61 bits per heavy atom. The monoisotopic (exact) mass is 405 g/mol. The number of hydrogen-bond donors (Lipinski definition) is 5. The molecule has 0 radical (unpaired) electrons. The van der Waals surface area contributed by atoms with Crippen LogP contribution in [0.1, 0.15) is 27.7 Å². The number of aromatic nitrogens is 2. The fourth-order valence-electron chi connectivity index (χ4n) is 3.05. The number of nitrogens with zero attached hydrogens (tertiary/aromatic N) is 3. The summed E-state index contributed by atoms with van der Waals surface area (Å²) in [5.41, 5.74) is 8.04. The van der Waals surface area contributed by atoms with Crippen molar-refractivity contribution in [3.8, 4) is 0 Å². The molecule has 152 valence electrons. The van der Waals surface area contributed by atoms with Crippen molar-refractivity contribution in [2.75, 3.05) is 39.9 Å². The van der Waals surface area contributed by atoms with Crippen molar-refractivity contribution in [1.29, 1.82) is 0 Å². The standard InChI is InChI=1S/C19H28ClN7O/c1-10(2)15(8-28)24-19-25-17(23-14-6-12(20)5-13(21)7-14)16-18(26-19)27(9-22-16)11(3)4/h5-7,10-11,15,22,28H,8-9,21H2,1-4H3,(H2,23,24,25,26)/t15-/m0/s1. The molecule has 0 spiro atoms. The van der Waals surface area contributed by atoms with Crippen molar-refractivity contribution >= 4 is 46.2 Å². The molecule has 0 saturated heterocycles. The first-order chi connectivity index (χ1) is 13.3. The molecule has 9 heteroatoms. The number of hydrogen-bond acceptors (Lipinski definition) is 8. The summed E-state index contributed by atoms with van der Waals surface area (Å²) in [6, 6.07) is 5.41. The van der Waals surface area contributed by atoms with E-state index in [2.05, 4.69) is 39.7 Å². The molecule has 0 aliphatic carbocycles. The van der Waals surface area contributed by atoms with Gasteiger partial charge in [-0.25, -0.2) is 0 Å². The van der Waals surface area contributed by atoms with Crippen LogP contribution >= 0.6 is 11.6 Å². The van der Waals surface area contributed by atoms with Crippen LogP contribution in [-0.4, -0.2) is 40.4 Å². The lowest BCUT2D eigenvalue weighted by atomic mass is 10.1. The van der Waals surface area contributed by atoms with Crippen LogP contribution in [0.25, 0.3) is 0 Å². The zero-order valence-corrected chi connectivity index (χ0v) is 17.4. The van der Waals surface area contributed by atoms with Crippen molar-refractivity contribution in [2.45, 2.75) is 39.8 Å². The third-order valence-electron chi connectivity index (χ3n) is 4.71. The number of anilines is 6. The van der Waals surface area contributed by atoms with E-state index in [1.54, 1.807) is 18.2 Å². The lowest BCUT2D eigenvalue weighted by Gasteiger charge is -2.24. The first-order valence-electron chi connectivity index (χ1n) is 9.41. The Bertz CT molecular complexity index is 823. The average molecular weight is 406 g/mol. The normalized spacial score (nSPS) is 14.2. The van der Waals surface area contributed by atoms with E-state index in [4.69, 9.17) is 22.3 Å². The zero-order chi connectivity index (χ0) is 20.4. The van der Waals surface area contributed by atoms with Crippen molar-refractivity contribution in [1.82, 2.24) is 9.97 Å². The van der Waals surface area contributed by atoms with Gasteiger partial charge in [-0.05, 0) is 38.0 Å². The molecule has 1 aliphatic heterocycles. The highest BCUT2D eigenvalue weighted by atomic mass is 35.5. The van der Waals surface area contributed by atoms with Crippen LogP contribution in [0.2, 0.25) is 5.02 Å². The predicted octanol–water partition coefficient (Wildman–Crippen LogP) is 3.48. The zero-order valence-electron chi connectivity index (χ0n) is 16.6. The Labute approximate surface area is 170 Å². The number of benzene rings is 1. The van der Waals surface area contributed by atoms with Gasteiger partial charge in [-0.15, -0.1) is 0 Å². The molecule has 0 fully saturated rings. The highest BCUT2D eigenvalue weighted by molar-refractivity contribution is 6.31. The van der Waals surface area contributed by atoms with Crippen LogP contribution in [0.15, 0.2) is 18.2 Å². The number of fused-ring (bicyclic) bond motifs is 1. The minimum Gasteiger partial charge on any atom is -0.399 e. The van der Waals surface area contributed by atoms with Gasteiger partial charge >= 0.3 is 0 Å². The van der Waals surface area contributed by atoms with E-state index >= 15 is 0 Å². The second-order valence-corrected chi connectivity index (χ2v) is 8.00. The Morgan fingerprint density at radius 2 is 2.00 bits per heavy atom. The molecule has 0 saturated carbocycles. The quantitative estimate of drug-likeness (QED) is 0.445. The maximum Gasteiger partial charge on any atom is 0.227 e. The Hall–Kier alpha value is -2.45. The number of aliphatic hydroxyl groups is 1. The molecular weight excluding hydrogens is 378 g/mol. The highest BCUT2D eigenvalue weighted by Crippen LogP contribution is 2.39. The summed E-state index contributed by atoms with van der Waals surface area (Å²) in [7, 11) is 0. The van der Waals surface area contributed by atoms with E-state index in [9.17, 15) is 5.11 Å². The van der Waals surface area contributed by atoms with Gasteiger partial charge in [0.05, 0.1) is 19.3 Å². The smallest absolute Gasteiger partial charge is 0.227 e. The summed E-state index contributed by atoms with van der Waals surface area (Å²) in [5, 5.41) is 20.1. The number of nitrogens with two attached hydrogens (primary N) is 1. The fraction of sp³-hybridized carbons (Fsp3) is 0.474. The molecule has 1 aromatic carbocycles. The van der Waals surface area contributed by atoms with Gasteiger partial charge in [0.25, 0.3) is 0 Å². The van der Waals surface area contributed by atoms with E-state index in [-0.39, 0.29) is 24.6 Å². The van der Waals surface area contributed by atoms with E-state index in [0.717, 1.165) is 17.2 Å². The van der Waals surface area contributed by atoms with Gasteiger partial charge in [-0.1, -0.05) is 25.4 Å². The average Bonchev–Trinajstić information content (AvgIpc) is 3.03. The van der Waals surface area contributed by atoms with E-state index in [0.29, 0.717) is 29.1 Å². The van der Waals surface area contributed by atoms with Crippen LogP contribution in [0.3, 0.4) is 0 Å². The number of halogens is 1. The van der Waals surface area contributed by atoms with Gasteiger partial charge in [0, 0.05) is 22.4 Å². The first kappa shape index (κ1) is 20.3. The molecule has 8 nitrogen and oxygen atoms in total. The SMILES string of the molecule is CC(C)[C@H](CO)Nc1nc(Nc2cc(N)cc(Cl)c2)c2c(n1)N(C(C)C)CN2. The molecule has 0 amide bonds. The molecular formula is C19H28ClN7O. The summed E-state index contributed by atoms with van der Waals surface area (Å²) in [6.45, 7) is 8.94. The Balaban J connectivity index is 2.01. The summed E-state index contributed by atoms with van der Waals surface area (Å²) < 4.78 is 0. The van der Waals surface area contributed by atoms with Crippen LogP contribution in [0, 0.1) is 5.92 Å². The molecule has 1 aromatic heterocycles. The molecule has 0 unspecified atom stereocenters. The molecule has 1 atom stereocenters. The second kappa shape index (κ2) is 8.28. The van der Waals surface area contributed by atoms with Crippen LogP contribution in [0.4, 0.5) is 34.6 Å². The Kier molecular flexibility index (Phi) is 6.00. The summed E-state index contributed by atoms with van der Waals surface area (Å²) >= 11 is 6.14. The largest absolute Gasteiger partial charge is 0.399 e. The van der Waals surface area contributed by atoms with E-state index < -0.39 is 0 Å². The highest BCUT2D eigenvalue weighted by Gasteiger charge is 2.28. The van der Waals surface area contributed by atoms with Gasteiger partial charge in [-0.3, -0.25) is 0 Å². The van der Waals surface area contributed by atoms with E-state index in [1.807, 2.05) is 13.8 Å². The molecule has 6 N–H and O–H groups in total. The Morgan fingerprint density at radius 1 is 1.25 bits per heavy atom. The molecule has 1 aliphatic rings. The number of aliphatic hydroxyl groups excluding tert-OH is 1. The van der Waals surface area contributed by atoms with Crippen molar-refractivity contribution < 1.29 is 5.11 Å². The third-order valence-corrected chi connectivity index (χ3v) is 4.93. The maximum absolute atomic E-state index is 9.67. The van der Waals surface area contributed by atoms with Gasteiger partial charge in [0.15, 0.2) is 11.6 Å². The third kappa shape index (κ3) is 4.34. The minimum absolute atomic E-state index is 0.00214. The molecule has 2 heterocycles. The van der Waals surface area contributed by atoms with Gasteiger partial charge in [-0.2, -0.15) is 9.97 Å². The molecule has 0 bridgehead atoms. The van der Waals surface area contributed by atoms with Crippen molar-refractivity contribution in [3.05, 3.63) is 23.2 Å². The molecule has 2 aromatic rings. The van der Waals surface area contributed by atoms with E-state index in [1.165, 1.54) is 0 Å². The topological polar surface area (TPSA) is 111 Å². The number of nitrogens with one attached hydrogen (secondary N) is 3. The number of nitrogen functional groups attached to an aromatic ring is 1. The van der Waals surface area contributed by atoms with Gasteiger partial charge < -0.3 is 31.7 Å². The number of rotatable bonds is 7. The summed E-state index contributed by atoms with van der Waals surface area (Å²) in [6.07, 6.45) is 0. The van der Waals surface area contributed by atoms with Crippen molar-refractivity contribution in [3.63, 3.8) is 0 Å². The van der Waals surface area contributed by atoms with Gasteiger partial charge in [0.1, 0.15) is 5.69 Å². The lowest BCUT2D eigenvalue weighted by molar-refractivity contribution is 0.248. The van der Waals surface area contributed by atoms with Crippen LogP contribution in [-0.2, 0) is 0 Å². The first-order valence-corrected chi connectivity index (χ1v) is 9.79. The predicted molar refractivity (Wildman–Crippen MR) is 117 cm³/mol. The van der Waals surface area contributed by atoms with Crippen LogP contribution in [0.5, 0.6) is 0 Å². The van der Waals surface area contributed by atoms with Crippen molar-refractivity contribution in [2.24, 2.45) is 5.92 Å².